The number of hydrogen-bond donors (Lipinski definition) is 0. The Kier molecular flexibility index (Phi) is 74.1. The van der Waals surface area contributed by atoms with Gasteiger partial charge < -0.3 is 28.4 Å². The summed E-state index contributed by atoms with van der Waals surface area (Å²) in [6.07, 6.45) is 17.9. The average molecular weight is 1540 g/mol. The molecule has 6 heteroatoms. The molecule has 2 saturated carbocycles. The zero-order valence-electron chi connectivity index (χ0n) is 73.6. The van der Waals surface area contributed by atoms with Crippen LogP contribution in [-0.4, -0.2) is 39.6 Å². The first-order valence-electron chi connectivity index (χ1n) is 41.7. The Hall–Kier alpha value is -5.96. The van der Waals surface area contributed by atoms with Crippen molar-refractivity contribution in [3.05, 3.63) is 238 Å². The Morgan fingerprint density at radius 3 is 0.964 bits per heavy atom. The van der Waals surface area contributed by atoms with Gasteiger partial charge in [-0.1, -0.05) is 358 Å². The van der Waals surface area contributed by atoms with Crippen LogP contribution in [0.4, 0.5) is 0 Å². The van der Waals surface area contributed by atoms with Gasteiger partial charge in [0.1, 0.15) is 0 Å². The Labute approximate surface area is 692 Å². The summed E-state index contributed by atoms with van der Waals surface area (Å²) in [5.74, 6) is 1.47. The summed E-state index contributed by atoms with van der Waals surface area (Å²) in [6.45, 7) is 75.9. The Balaban J connectivity index is -0.000000226. The minimum absolute atomic E-state index is 0. The van der Waals surface area contributed by atoms with E-state index >= 15 is 0 Å². The van der Waals surface area contributed by atoms with Crippen molar-refractivity contribution in [2.24, 2.45) is 21.7 Å². The van der Waals surface area contributed by atoms with Crippen molar-refractivity contribution in [3.8, 4) is 0 Å². The van der Waals surface area contributed by atoms with Crippen molar-refractivity contribution in [2.75, 3.05) is 39.6 Å². The zero-order chi connectivity index (χ0) is 80.6. The number of allylic oxidation sites excluding steroid dienone is 6. The van der Waals surface area contributed by atoms with E-state index in [0.717, 1.165) is 89.1 Å². The van der Waals surface area contributed by atoms with Crippen LogP contribution in [0.5, 0.6) is 0 Å². The summed E-state index contributed by atoms with van der Waals surface area (Å²) in [7, 11) is 0. The molecule has 6 aromatic rings. The van der Waals surface area contributed by atoms with Crippen LogP contribution < -0.4 is 0 Å². The lowest BCUT2D eigenvalue weighted by Gasteiger charge is -2.27. The molecule has 0 heterocycles. The molecule has 0 amide bonds. The van der Waals surface area contributed by atoms with Gasteiger partial charge in [0.15, 0.2) is 0 Å². The van der Waals surface area contributed by atoms with Gasteiger partial charge in [-0.25, -0.2) is 0 Å². The van der Waals surface area contributed by atoms with Gasteiger partial charge >= 0.3 is 0 Å². The van der Waals surface area contributed by atoms with Crippen molar-refractivity contribution < 1.29 is 28.4 Å². The summed E-state index contributed by atoms with van der Waals surface area (Å²) in [4.78, 5) is 0. The molecule has 111 heavy (non-hydrogen) atoms. The van der Waals surface area contributed by atoms with Gasteiger partial charge in [-0.05, 0) is 230 Å². The standard InChI is InChI=1S/C16H24O.C16H22O.C16H24O.C16H22O.2C12H16O.6C2H6.5CH4/c2*1-4-17-12-13-7-5-8-14(11-13)15-9-6-10-16(15,2)3;2*1-4-17-12-13-7-9-14(10-8-13)15-6-5-11-16(15,2)3;1-4-13-9-11-5-7-12(8-6-11)10(2)3;1-4-13-9-11-6-5-7-12(8-11)10(2)3;6*1-2;;;;;/h5,7-8,11,15H,4,6,9-10,12H2,1-3H3;5,7-9,11H,4,6,10,12H2,1-3H3;7-10,15H,4-6,11-12H2,1-3H3;6-10H,4-5,11-12H2,1-3H3;2*5-8H,2,4,9H2,1,3H3;6*1-2H3;5*1H4. The monoisotopic (exact) mass is 1540 g/mol. The highest BCUT2D eigenvalue weighted by atomic mass is 16.5. The van der Waals surface area contributed by atoms with Crippen LogP contribution >= 0.6 is 0 Å². The molecule has 0 N–H and O–H groups in total. The zero-order valence-corrected chi connectivity index (χ0v) is 73.6. The Morgan fingerprint density at radius 1 is 0.324 bits per heavy atom. The minimum Gasteiger partial charge on any atom is -0.377 e. The highest BCUT2D eigenvalue weighted by molar-refractivity contribution is 5.73. The molecule has 636 valence electrons. The van der Waals surface area contributed by atoms with E-state index in [1.165, 1.54) is 142 Å². The fourth-order valence-electron chi connectivity index (χ4n) is 13.4. The van der Waals surface area contributed by atoms with E-state index in [0.29, 0.717) is 34.9 Å². The van der Waals surface area contributed by atoms with Crippen LogP contribution in [0.3, 0.4) is 0 Å². The van der Waals surface area contributed by atoms with E-state index in [2.05, 4.69) is 220 Å². The largest absolute Gasteiger partial charge is 0.377 e. The molecule has 0 saturated heterocycles. The van der Waals surface area contributed by atoms with Crippen molar-refractivity contribution >= 4 is 22.3 Å². The maximum absolute atomic E-state index is 5.49. The van der Waals surface area contributed by atoms with Gasteiger partial charge in [0.2, 0.25) is 0 Å². The van der Waals surface area contributed by atoms with Crippen molar-refractivity contribution in [1.29, 1.82) is 0 Å². The second kappa shape index (κ2) is 69.5. The first kappa shape index (κ1) is 118. The third-order valence-electron chi connectivity index (χ3n) is 19.2. The summed E-state index contributed by atoms with van der Waals surface area (Å²) >= 11 is 0. The first-order chi connectivity index (χ1) is 51.0. The molecule has 4 aliphatic rings. The second-order valence-corrected chi connectivity index (χ2v) is 28.6. The van der Waals surface area contributed by atoms with Crippen molar-refractivity contribution in [2.45, 2.75) is 347 Å². The van der Waals surface area contributed by atoms with E-state index in [9.17, 15) is 0 Å². The molecule has 0 aliphatic heterocycles. The number of rotatable bonds is 24. The van der Waals surface area contributed by atoms with Crippen LogP contribution in [-0.2, 0) is 68.1 Å². The molecule has 10 rings (SSSR count). The van der Waals surface area contributed by atoms with E-state index in [1.807, 2.05) is 145 Å². The highest BCUT2D eigenvalue weighted by Crippen LogP contribution is 2.50. The van der Waals surface area contributed by atoms with Gasteiger partial charge in [-0.2, -0.15) is 0 Å². The molecule has 2 atom stereocenters. The lowest BCUT2D eigenvalue weighted by atomic mass is 9.77. The third-order valence-corrected chi connectivity index (χ3v) is 19.2. The molecule has 2 fully saturated rings. The van der Waals surface area contributed by atoms with Crippen molar-refractivity contribution in [1.82, 2.24) is 0 Å². The summed E-state index contributed by atoms with van der Waals surface area (Å²) in [5.41, 5.74) is 22.5. The maximum Gasteiger partial charge on any atom is 0.0716 e. The fraction of sp³-hybridized carbons (Fsp3) is 0.581. The number of benzene rings is 6. The van der Waals surface area contributed by atoms with E-state index in [1.54, 1.807) is 0 Å². The average Bonchev–Trinajstić information content (AvgIpc) is 1.73. The highest BCUT2D eigenvalue weighted by Gasteiger charge is 2.36. The van der Waals surface area contributed by atoms with Crippen molar-refractivity contribution in [3.63, 3.8) is 0 Å². The Bertz CT molecular complexity index is 3210. The smallest absolute Gasteiger partial charge is 0.0716 e. The molecule has 0 bridgehead atoms. The topological polar surface area (TPSA) is 55.4 Å². The van der Waals surface area contributed by atoms with Crippen LogP contribution in [0.15, 0.2) is 171 Å². The lowest BCUT2D eigenvalue weighted by Crippen LogP contribution is -2.15. The molecule has 0 radical (unpaired) electrons. The molecule has 0 aromatic heterocycles. The maximum atomic E-state index is 5.49. The van der Waals surface area contributed by atoms with Gasteiger partial charge in [-0.3, -0.25) is 0 Å². The second-order valence-electron chi connectivity index (χ2n) is 28.6. The number of hydrogen-bond acceptors (Lipinski definition) is 6. The van der Waals surface area contributed by atoms with Gasteiger partial charge in [0, 0.05) is 39.6 Å². The van der Waals surface area contributed by atoms with Crippen LogP contribution in [0.25, 0.3) is 22.3 Å². The third kappa shape index (κ3) is 45.7. The summed E-state index contributed by atoms with van der Waals surface area (Å²) in [5, 5.41) is 0. The molecule has 2 unspecified atom stereocenters. The lowest BCUT2D eigenvalue weighted by molar-refractivity contribution is 0.134. The number of ether oxygens (including phenoxy) is 6. The van der Waals surface area contributed by atoms with Crippen LogP contribution in [0, 0.1) is 21.7 Å². The normalized spacial score (nSPS) is 15.2. The van der Waals surface area contributed by atoms with Gasteiger partial charge in [0.05, 0.1) is 39.6 Å². The van der Waals surface area contributed by atoms with Crippen LogP contribution in [0.1, 0.15) is 374 Å². The molecule has 4 aliphatic carbocycles. The quantitative estimate of drug-likeness (QED) is 0.0602. The first-order valence-corrected chi connectivity index (χ1v) is 41.7. The fourth-order valence-corrected chi connectivity index (χ4v) is 13.4. The van der Waals surface area contributed by atoms with Crippen LogP contribution in [0.2, 0.25) is 0 Å². The molecule has 0 spiro atoms. The Morgan fingerprint density at radius 2 is 0.631 bits per heavy atom. The SMILES string of the molecule is C.C.C.C.C.C=C(C)c1ccc(COCC)cc1.C=C(C)c1cccc(COCC)c1.CC.CC.CC.CC.CC.CC.CCOCc1ccc(C2=CCCC2(C)C)cc1.CCOCc1ccc(C2CCCC2(C)C)cc1.CCOCc1cccc(C2=CCCC2(C)C)c1.CCOCc1cccc(C2CCCC2(C)C)c1. The predicted molar refractivity (Wildman–Crippen MR) is 505 cm³/mol. The predicted octanol–water partition coefficient (Wildman–Crippen LogP) is 33.7. The van der Waals surface area contributed by atoms with E-state index in [-0.39, 0.29) is 37.1 Å². The summed E-state index contributed by atoms with van der Waals surface area (Å²) in [6, 6.07) is 52.2. The molecule has 6 nitrogen and oxygen atoms in total. The molecular formula is C105H180O6. The van der Waals surface area contributed by atoms with Gasteiger partial charge in [0.25, 0.3) is 0 Å². The molecule has 6 aromatic carbocycles. The van der Waals surface area contributed by atoms with Gasteiger partial charge in [-0.15, -0.1) is 0 Å². The molecular weight excluding hydrogens is 1360 g/mol. The van der Waals surface area contributed by atoms with E-state index < -0.39 is 0 Å². The summed E-state index contributed by atoms with van der Waals surface area (Å²) < 4.78 is 32.4. The van der Waals surface area contributed by atoms with E-state index in [4.69, 9.17) is 28.4 Å². The minimum atomic E-state index is 0.